The lowest BCUT2D eigenvalue weighted by atomic mass is 10.0. The molecule has 3 heteroatoms. The molecule has 0 aliphatic rings. The SMILES string of the molecule is CCc1cc(-c2ccsn2)ccc1N. The molecule has 0 aliphatic carbocycles. The van der Waals surface area contributed by atoms with Crippen LogP contribution in [0.25, 0.3) is 11.3 Å². The zero-order valence-corrected chi connectivity index (χ0v) is 8.84. The van der Waals surface area contributed by atoms with E-state index in [1.807, 2.05) is 23.6 Å². The van der Waals surface area contributed by atoms with Gasteiger partial charge in [-0.25, -0.2) is 0 Å². The molecule has 0 aliphatic heterocycles. The predicted molar refractivity (Wildman–Crippen MR) is 61.3 cm³/mol. The molecule has 0 spiro atoms. The van der Waals surface area contributed by atoms with E-state index in [1.165, 1.54) is 17.1 Å². The van der Waals surface area contributed by atoms with Gasteiger partial charge in [-0.3, -0.25) is 0 Å². The van der Waals surface area contributed by atoms with Gasteiger partial charge in [0.2, 0.25) is 0 Å². The van der Waals surface area contributed by atoms with Crippen LogP contribution in [0.4, 0.5) is 5.69 Å². The fraction of sp³-hybridized carbons (Fsp3) is 0.182. The van der Waals surface area contributed by atoms with Crippen molar-refractivity contribution in [1.29, 1.82) is 0 Å². The van der Waals surface area contributed by atoms with Gasteiger partial charge in [0.1, 0.15) is 0 Å². The molecular formula is C11H12N2S. The van der Waals surface area contributed by atoms with Crippen LogP contribution in [0.5, 0.6) is 0 Å². The molecule has 1 aromatic heterocycles. The van der Waals surface area contributed by atoms with E-state index in [0.29, 0.717) is 0 Å². The van der Waals surface area contributed by atoms with Gasteiger partial charge in [0.15, 0.2) is 0 Å². The van der Waals surface area contributed by atoms with Crippen molar-refractivity contribution in [1.82, 2.24) is 4.37 Å². The fourth-order valence-corrected chi connectivity index (χ4v) is 1.96. The molecule has 2 nitrogen and oxygen atoms in total. The van der Waals surface area contributed by atoms with Crippen LogP contribution in [-0.2, 0) is 6.42 Å². The largest absolute Gasteiger partial charge is 0.399 e. The van der Waals surface area contributed by atoms with Crippen molar-refractivity contribution in [3.8, 4) is 11.3 Å². The molecule has 1 aromatic carbocycles. The van der Waals surface area contributed by atoms with E-state index in [9.17, 15) is 0 Å². The van der Waals surface area contributed by atoms with Crippen LogP contribution < -0.4 is 5.73 Å². The number of nitrogens with zero attached hydrogens (tertiary/aromatic N) is 1. The monoisotopic (exact) mass is 204 g/mol. The summed E-state index contributed by atoms with van der Waals surface area (Å²) < 4.78 is 4.29. The molecule has 0 fully saturated rings. The normalized spacial score (nSPS) is 10.4. The maximum Gasteiger partial charge on any atom is 0.0840 e. The summed E-state index contributed by atoms with van der Waals surface area (Å²) in [4.78, 5) is 0. The second-order valence-corrected chi connectivity index (χ2v) is 3.82. The minimum Gasteiger partial charge on any atom is -0.399 e. The fourth-order valence-electron chi connectivity index (χ4n) is 1.43. The molecule has 0 amide bonds. The van der Waals surface area contributed by atoms with Crippen molar-refractivity contribution in [3.63, 3.8) is 0 Å². The van der Waals surface area contributed by atoms with Gasteiger partial charge >= 0.3 is 0 Å². The van der Waals surface area contributed by atoms with E-state index in [-0.39, 0.29) is 0 Å². The smallest absolute Gasteiger partial charge is 0.0840 e. The van der Waals surface area contributed by atoms with E-state index in [2.05, 4.69) is 17.4 Å². The summed E-state index contributed by atoms with van der Waals surface area (Å²) in [6, 6.07) is 8.11. The number of hydrogen-bond acceptors (Lipinski definition) is 3. The third-order valence-corrected chi connectivity index (χ3v) is 2.82. The van der Waals surface area contributed by atoms with Gasteiger partial charge in [0.25, 0.3) is 0 Å². The first-order valence-corrected chi connectivity index (χ1v) is 5.44. The Hall–Kier alpha value is -1.35. The first-order chi connectivity index (χ1) is 6.81. The molecular weight excluding hydrogens is 192 g/mol. The summed E-state index contributed by atoms with van der Waals surface area (Å²) >= 11 is 1.47. The third-order valence-electron chi connectivity index (χ3n) is 2.26. The molecule has 0 unspecified atom stereocenters. The summed E-state index contributed by atoms with van der Waals surface area (Å²) in [5.41, 5.74) is 10.1. The Morgan fingerprint density at radius 2 is 2.21 bits per heavy atom. The van der Waals surface area contributed by atoms with E-state index < -0.39 is 0 Å². The second-order valence-electron chi connectivity index (χ2n) is 3.15. The van der Waals surface area contributed by atoms with Crippen LogP contribution >= 0.6 is 11.5 Å². The highest BCUT2D eigenvalue weighted by Crippen LogP contribution is 2.23. The minimum absolute atomic E-state index is 0.867. The molecule has 72 valence electrons. The van der Waals surface area contributed by atoms with Gasteiger partial charge in [0, 0.05) is 16.6 Å². The summed E-state index contributed by atoms with van der Waals surface area (Å²) in [6.45, 7) is 2.11. The first-order valence-electron chi connectivity index (χ1n) is 4.60. The minimum atomic E-state index is 0.867. The van der Waals surface area contributed by atoms with E-state index in [4.69, 9.17) is 5.73 Å². The van der Waals surface area contributed by atoms with E-state index >= 15 is 0 Å². The van der Waals surface area contributed by atoms with Gasteiger partial charge in [0.05, 0.1) is 5.69 Å². The number of aryl methyl sites for hydroxylation is 1. The first kappa shape index (κ1) is 9.21. The van der Waals surface area contributed by atoms with Crippen molar-refractivity contribution in [2.45, 2.75) is 13.3 Å². The topological polar surface area (TPSA) is 38.9 Å². The highest BCUT2D eigenvalue weighted by Gasteiger charge is 2.02. The van der Waals surface area contributed by atoms with Gasteiger partial charge in [-0.05, 0) is 41.7 Å². The lowest BCUT2D eigenvalue weighted by Crippen LogP contribution is -1.92. The van der Waals surface area contributed by atoms with Crippen molar-refractivity contribution < 1.29 is 0 Å². The number of benzene rings is 1. The van der Waals surface area contributed by atoms with Crippen molar-refractivity contribution in [3.05, 3.63) is 35.2 Å². The highest BCUT2D eigenvalue weighted by atomic mass is 32.1. The van der Waals surface area contributed by atoms with Crippen molar-refractivity contribution >= 4 is 17.2 Å². The van der Waals surface area contributed by atoms with Crippen molar-refractivity contribution in [2.24, 2.45) is 0 Å². The number of nitrogens with two attached hydrogens (primary N) is 1. The Labute approximate surface area is 87.6 Å². The third kappa shape index (κ3) is 1.63. The van der Waals surface area contributed by atoms with Gasteiger partial charge in [-0.2, -0.15) is 4.37 Å². The maximum absolute atomic E-state index is 5.84. The summed E-state index contributed by atoms with van der Waals surface area (Å²) in [5, 5.41) is 1.98. The molecule has 2 rings (SSSR count). The Morgan fingerprint density at radius 1 is 1.36 bits per heavy atom. The molecule has 2 N–H and O–H groups in total. The van der Waals surface area contributed by atoms with E-state index in [1.54, 1.807) is 0 Å². The molecule has 2 aromatic rings. The highest BCUT2D eigenvalue weighted by molar-refractivity contribution is 7.03. The van der Waals surface area contributed by atoms with Gasteiger partial charge < -0.3 is 5.73 Å². The van der Waals surface area contributed by atoms with Crippen molar-refractivity contribution in [2.75, 3.05) is 5.73 Å². The molecule has 0 saturated heterocycles. The lowest BCUT2D eigenvalue weighted by molar-refractivity contribution is 1.14. The van der Waals surface area contributed by atoms with Crippen LogP contribution in [0.2, 0.25) is 0 Å². The van der Waals surface area contributed by atoms with Crippen LogP contribution in [-0.4, -0.2) is 4.37 Å². The summed E-state index contributed by atoms with van der Waals surface area (Å²) in [5.74, 6) is 0. The van der Waals surface area contributed by atoms with Crippen LogP contribution in [0.15, 0.2) is 29.6 Å². The Kier molecular flexibility index (Phi) is 2.50. The number of hydrogen-bond donors (Lipinski definition) is 1. The molecule has 0 saturated carbocycles. The van der Waals surface area contributed by atoms with Crippen LogP contribution in [0.1, 0.15) is 12.5 Å². The quantitative estimate of drug-likeness (QED) is 0.764. The summed E-state index contributed by atoms with van der Waals surface area (Å²) in [7, 11) is 0. The molecule has 0 radical (unpaired) electrons. The average Bonchev–Trinajstić information content (AvgIpc) is 2.71. The number of aromatic nitrogens is 1. The van der Waals surface area contributed by atoms with E-state index in [0.717, 1.165) is 23.4 Å². The molecule has 0 bridgehead atoms. The standard InChI is InChI=1S/C11H12N2S/c1-2-8-7-9(3-4-10(8)12)11-5-6-14-13-11/h3-7H,2,12H2,1H3. The molecule has 1 heterocycles. The van der Waals surface area contributed by atoms with Crippen LogP contribution in [0.3, 0.4) is 0 Å². The lowest BCUT2D eigenvalue weighted by Gasteiger charge is -2.04. The molecule has 14 heavy (non-hydrogen) atoms. The maximum atomic E-state index is 5.84. The Morgan fingerprint density at radius 3 is 2.86 bits per heavy atom. The predicted octanol–water partition coefficient (Wildman–Crippen LogP) is 2.95. The number of nitrogen functional groups attached to an aromatic ring is 1. The van der Waals surface area contributed by atoms with Crippen LogP contribution in [0, 0.1) is 0 Å². The number of rotatable bonds is 2. The second kappa shape index (κ2) is 3.80. The zero-order valence-electron chi connectivity index (χ0n) is 8.03. The number of anilines is 1. The van der Waals surface area contributed by atoms with Gasteiger partial charge in [-0.15, -0.1) is 0 Å². The average molecular weight is 204 g/mol. The Balaban J connectivity index is 2.46. The zero-order chi connectivity index (χ0) is 9.97. The summed E-state index contributed by atoms with van der Waals surface area (Å²) in [6.07, 6.45) is 0.962. The molecule has 0 atom stereocenters. The van der Waals surface area contributed by atoms with Gasteiger partial charge in [-0.1, -0.05) is 13.0 Å². The Bertz CT molecular complexity index is 421.